The first kappa shape index (κ1) is 24.4. The highest BCUT2D eigenvalue weighted by atomic mass is 35.5. The number of nitrogens with zero attached hydrogens (tertiary/aromatic N) is 2. The van der Waals surface area contributed by atoms with E-state index >= 15 is 0 Å². The lowest BCUT2D eigenvalue weighted by Gasteiger charge is -2.34. The summed E-state index contributed by atoms with van der Waals surface area (Å²) in [5.74, 6) is 1.17. The van der Waals surface area contributed by atoms with Crippen LogP contribution >= 0.6 is 11.6 Å². The predicted octanol–water partition coefficient (Wildman–Crippen LogP) is 4.39. The highest BCUT2D eigenvalue weighted by Crippen LogP contribution is 2.28. The summed E-state index contributed by atoms with van der Waals surface area (Å²) in [7, 11) is 1.60. The van der Waals surface area contributed by atoms with Crippen molar-refractivity contribution in [1.29, 1.82) is 0 Å². The lowest BCUT2D eigenvalue weighted by Crippen LogP contribution is -2.49. The molecular formula is C25H33ClN2O4. The van der Waals surface area contributed by atoms with Crippen molar-refractivity contribution in [2.75, 3.05) is 46.5 Å². The minimum absolute atomic E-state index is 0.000108. The number of rotatable bonds is 11. The van der Waals surface area contributed by atoms with Gasteiger partial charge in [0.15, 0.2) is 18.1 Å². The molecule has 0 radical (unpaired) electrons. The van der Waals surface area contributed by atoms with Crippen molar-refractivity contribution in [3.8, 4) is 11.5 Å². The minimum Gasteiger partial charge on any atom is -0.493 e. The van der Waals surface area contributed by atoms with Crippen LogP contribution in [0.25, 0.3) is 0 Å². The standard InChI is InChI=1S/C25H33ClN2O4/c1-3-4-15-31-18-21-7-10-23(24(16-21)30-2)32-19-25(29)28-13-11-27(12-14-28)17-20-5-8-22(26)9-6-20/h5-10,16H,3-4,11-15,17-19H2,1-2H3. The van der Waals surface area contributed by atoms with Gasteiger partial charge in [0.1, 0.15) is 0 Å². The van der Waals surface area contributed by atoms with E-state index in [1.807, 2.05) is 47.4 Å². The molecule has 1 fully saturated rings. The first-order valence-electron chi connectivity index (χ1n) is 11.2. The average molecular weight is 461 g/mol. The van der Waals surface area contributed by atoms with Crippen molar-refractivity contribution in [3.63, 3.8) is 0 Å². The fraction of sp³-hybridized carbons (Fsp3) is 0.480. The largest absolute Gasteiger partial charge is 0.493 e. The summed E-state index contributed by atoms with van der Waals surface area (Å²) in [6.07, 6.45) is 2.16. The summed E-state index contributed by atoms with van der Waals surface area (Å²) < 4.78 is 16.9. The lowest BCUT2D eigenvalue weighted by molar-refractivity contribution is -0.135. The predicted molar refractivity (Wildman–Crippen MR) is 126 cm³/mol. The molecule has 1 saturated heterocycles. The molecule has 1 amide bonds. The van der Waals surface area contributed by atoms with Crippen LogP contribution in [0.2, 0.25) is 5.02 Å². The molecule has 0 aromatic heterocycles. The monoisotopic (exact) mass is 460 g/mol. The van der Waals surface area contributed by atoms with Crippen LogP contribution in [0.15, 0.2) is 42.5 Å². The van der Waals surface area contributed by atoms with Crippen LogP contribution < -0.4 is 9.47 Å². The number of halogens is 1. The number of benzene rings is 2. The number of unbranched alkanes of at least 4 members (excludes halogenated alkanes) is 1. The molecule has 32 heavy (non-hydrogen) atoms. The van der Waals surface area contributed by atoms with E-state index in [1.54, 1.807) is 7.11 Å². The molecule has 0 aliphatic carbocycles. The Labute approximate surface area is 196 Å². The second-order valence-corrected chi connectivity index (χ2v) is 8.40. The van der Waals surface area contributed by atoms with E-state index in [9.17, 15) is 4.79 Å². The number of ether oxygens (including phenoxy) is 3. The highest BCUT2D eigenvalue weighted by Gasteiger charge is 2.22. The van der Waals surface area contributed by atoms with E-state index in [0.29, 0.717) is 31.2 Å². The maximum atomic E-state index is 12.7. The molecule has 174 valence electrons. The number of hydrogen-bond acceptors (Lipinski definition) is 5. The molecule has 0 bridgehead atoms. The summed E-state index contributed by atoms with van der Waals surface area (Å²) in [4.78, 5) is 16.9. The fourth-order valence-electron chi connectivity index (χ4n) is 3.59. The second-order valence-electron chi connectivity index (χ2n) is 7.96. The third kappa shape index (κ3) is 7.40. The summed E-state index contributed by atoms with van der Waals surface area (Å²) in [5.41, 5.74) is 2.25. The Hall–Kier alpha value is -2.28. The van der Waals surface area contributed by atoms with E-state index in [-0.39, 0.29) is 12.5 Å². The molecule has 0 unspecified atom stereocenters. The Morgan fingerprint density at radius 2 is 1.72 bits per heavy atom. The van der Waals surface area contributed by atoms with E-state index in [2.05, 4.69) is 11.8 Å². The van der Waals surface area contributed by atoms with E-state index in [4.69, 9.17) is 25.8 Å². The zero-order valence-corrected chi connectivity index (χ0v) is 19.8. The topological polar surface area (TPSA) is 51.2 Å². The molecule has 6 nitrogen and oxygen atoms in total. The van der Waals surface area contributed by atoms with Crippen molar-refractivity contribution < 1.29 is 19.0 Å². The Morgan fingerprint density at radius 1 is 1.00 bits per heavy atom. The summed E-state index contributed by atoms with van der Waals surface area (Å²) in [5, 5.41) is 0.746. The van der Waals surface area contributed by atoms with Crippen LogP contribution in [-0.4, -0.2) is 62.2 Å². The lowest BCUT2D eigenvalue weighted by atomic mass is 10.2. The molecule has 2 aromatic carbocycles. The van der Waals surface area contributed by atoms with Gasteiger partial charge in [0, 0.05) is 44.4 Å². The number of amides is 1. The van der Waals surface area contributed by atoms with Gasteiger partial charge in [0.05, 0.1) is 13.7 Å². The van der Waals surface area contributed by atoms with Crippen LogP contribution in [0.1, 0.15) is 30.9 Å². The maximum Gasteiger partial charge on any atom is 0.260 e. The Morgan fingerprint density at radius 3 is 2.41 bits per heavy atom. The normalized spacial score (nSPS) is 14.4. The summed E-state index contributed by atoms with van der Waals surface area (Å²) in [6, 6.07) is 13.6. The van der Waals surface area contributed by atoms with Crippen molar-refractivity contribution in [1.82, 2.24) is 9.80 Å². The smallest absolute Gasteiger partial charge is 0.260 e. The van der Waals surface area contributed by atoms with Gasteiger partial charge in [-0.2, -0.15) is 0 Å². The number of hydrogen-bond donors (Lipinski definition) is 0. The van der Waals surface area contributed by atoms with Gasteiger partial charge in [-0.3, -0.25) is 9.69 Å². The number of carbonyl (C=O) groups is 1. The highest BCUT2D eigenvalue weighted by molar-refractivity contribution is 6.30. The molecule has 1 aliphatic rings. The van der Waals surface area contributed by atoms with Crippen molar-refractivity contribution in [2.24, 2.45) is 0 Å². The summed E-state index contributed by atoms with van der Waals surface area (Å²) >= 11 is 5.96. The zero-order chi connectivity index (χ0) is 22.8. The molecule has 0 N–H and O–H groups in total. The van der Waals surface area contributed by atoms with E-state index < -0.39 is 0 Å². The van der Waals surface area contributed by atoms with Gasteiger partial charge < -0.3 is 19.1 Å². The molecule has 0 spiro atoms. The maximum absolute atomic E-state index is 12.7. The Kier molecular flexibility index (Phi) is 9.65. The van der Waals surface area contributed by atoms with E-state index in [1.165, 1.54) is 5.56 Å². The molecule has 0 atom stereocenters. The zero-order valence-electron chi connectivity index (χ0n) is 19.0. The minimum atomic E-state index is -0.00910. The molecule has 1 aliphatic heterocycles. The fourth-order valence-corrected chi connectivity index (χ4v) is 3.72. The van der Waals surface area contributed by atoms with Gasteiger partial charge in [-0.25, -0.2) is 0 Å². The second kappa shape index (κ2) is 12.7. The third-order valence-electron chi connectivity index (χ3n) is 5.53. The number of carbonyl (C=O) groups excluding carboxylic acids is 1. The number of methoxy groups -OCH3 is 1. The van der Waals surface area contributed by atoms with Crippen molar-refractivity contribution in [3.05, 3.63) is 58.6 Å². The van der Waals surface area contributed by atoms with Crippen LogP contribution in [0, 0.1) is 0 Å². The molecule has 1 heterocycles. The van der Waals surface area contributed by atoms with Crippen molar-refractivity contribution >= 4 is 17.5 Å². The van der Waals surface area contributed by atoms with Crippen molar-refractivity contribution in [2.45, 2.75) is 32.9 Å². The van der Waals surface area contributed by atoms with Crippen LogP contribution in [-0.2, 0) is 22.7 Å². The average Bonchev–Trinajstić information content (AvgIpc) is 2.82. The number of piperazine rings is 1. The van der Waals surface area contributed by atoms with Crippen LogP contribution in [0.3, 0.4) is 0 Å². The van der Waals surface area contributed by atoms with Gasteiger partial charge in [-0.15, -0.1) is 0 Å². The molecule has 3 rings (SSSR count). The summed E-state index contributed by atoms with van der Waals surface area (Å²) in [6.45, 7) is 7.35. The SMILES string of the molecule is CCCCOCc1ccc(OCC(=O)N2CCN(Cc3ccc(Cl)cc3)CC2)c(OC)c1. The van der Waals surface area contributed by atoms with Gasteiger partial charge in [-0.1, -0.05) is 43.1 Å². The first-order valence-corrected chi connectivity index (χ1v) is 11.6. The van der Waals surface area contributed by atoms with Gasteiger partial charge >= 0.3 is 0 Å². The van der Waals surface area contributed by atoms with Gasteiger partial charge in [-0.05, 0) is 41.8 Å². The molecular weight excluding hydrogens is 428 g/mol. The Balaban J connectivity index is 1.43. The van der Waals surface area contributed by atoms with E-state index in [0.717, 1.165) is 49.7 Å². The molecule has 2 aromatic rings. The quantitative estimate of drug-likeness (QED) is 0.465. The van der Waals surface area contributed by atoms with Crippen LogP contribution in [0.4, 0.5) is 0 Å². The Bertz CT molecular complexity index is 852. The first-order chi connectivity index (χ1) is 15.6. The van der Waals surface area contributed by atoms with Gasteiger partial charge in [0.25, 0.3) is 5.91 Å². The molecule has 0 saturated carbocycles. The van der Waals surface area contributed by atoms with Gasteiger partial charge in [0.2, 0.25) is 0 Å². The van der Waals surface area contributed by atoms with Crippen LogP contribution in [0.5, 0.6) is 11.5 Å². The third-order valence-corrected chi connectivity index (χ3v) is 5.79. The molecule has 7 heteroatoms.